The lowest BCUT2D eigenvalue weighted by molar-refractivity contribution is -0.123. The standard InChI is InChI=1S/C21H27N3O4/c1-14-11-17(15(2)24(14)12-16-9-7-6-8-10-16)19(26)28-13-18(25)22-20(27)23-21(3,4)5/h6-11H,12-13H2,1-5H3,(H2,22,23,25,27). The van der Waals surface area contributed by atoms with Crippen LogP contribution in [0.5, 0.6) is 0 Å². The quantitative estimate of drug-likeness (QED) is 0.775. The van der Waals surface area contributed by atoms with Crippen LogP contribution in [0.2, 0.25) is 0 Å². The Labute approximate surface area is 165 Å². The Morgan fingerprint density at radius 1 is 1.07 bits per heavy atom. The summed E-state index contributed by atoms with van der Waals surface area (Å²) in [5, 5.41) is 4.73. The molecule has 0 aliphatic carbocycles. The first-order valence-electron chi connectivity index (χ1n) is 9.06. The number of carbonyl (C=O) groups is 3. The number of benzene rings is 1. The van der Waals surface area contributed by atoms with Crippen LogP contribution < -0.4 is 10.6 Å². The minimum absolute atomic E-state index is 0.403. The van der Waals surface area contributed by atoms with E-state index in [9.17, 15) is 14.4 Å². The fraction of sp³-hybridized carbons (Fsp3) is 0.381. The van der Waals surface area contributed by atoms with E-state index in [4.69, 9.17) is 4.74 Å². The van der Waals surface area contributed by atoms with Gasteiger partial charge in [0.05, 0.1) is 5.56 Å². The molecule has 28 heavy (non-hydrogen) atoms. The van der Waals surface area contributed by atoms with Crippen LogP contribution in [-0.4, -0.2) is 34.6 Å². The molecule has 3 amide bonds. The van der Waals surface area contributed by atoms with Crippen molar-refractivity contribution in [1.29, 1.82) is 0 Å². The molecule has 0 bridgehead atoms. The van der Waals surface area contributed by atoms with Crippen molar-refractivity contribution >= 4 is 17.9 Å². The average molecular weight is 385 g/mol. The van der Waals surface area contributed by atoms with Crippen LogP contribution in [0.4, 0.5) is 4.79 Å². The van der Waals surface area contributed by atoms with Crippen molar-refractivity contribution in [3.05, 3.63) is 58.9 Å². The lowest BCUT2D eigenvalue weighted by Gasteiger charge is -2.20. The second-order valence-electron chi connectivity index (χ2n) is 7.68. The van der Waals surface area contributed by atoms with Crippen LogP contribution in [0.3, 0.4) is 0 Å². The Balaban J connectivity index is 1.96. The molecule has 1 aromatic carbocycles. The minimum Gasteiger partial charge on any atom is -0.452 e. The van der Waals surface area contributed by atoms with Crippen molar-refractivity contribution in [3.63, 3.8) is 0 Å². The highest BCUT2D eigenvalue weighted by Crippen LogP contribution is 2.18. The average Bonchev–Trinajstić information content (AvgIpc) is 2.87. The molecule has 2 aromatic rings. The molecule has 0 saturated heterocycles. The van der Waals surface area contributed by atoms with E-state index in [1.165, 1.54) is 0 Å². The normalized spacial score (nSPS) is 11.0. The third-order valence-corrected chi connectivity index (χ3v) is 4.05. The summed E-state index contributed by atoms with van der Waals surface area (Å²) in [6, 6.07) is 11.0. The van der Waals surface area contributed by atoms with Crippen molar-refractivity contribution in [2.45, 2.75) is 46.7 Å². The number of ether oxygens (including phenoxy) is 1. The molecular formula is C21H27N3O4. The first kappa shape index (κ1) is 21.2. The molecule has 7 heteroatoms. The Kier molecular flexibility index (Phi) is 6.62. The summed E-state index contributed by atoms with van der Waals surface area (Å²) in [5.41, 5.74) is 2.73. The molecule has 2 N–H and O–H groups in total. The highest BCUT2D eigenvalue weighted by Gasteiger charge is 2.20. The van der Waals surface area contributed by atoms with Gasteiger partial charge in [0, 0.05) is 23.5 Å². The van der Waals surface area contributed by atoms with Crippen LogP contribution in [0.1, 0.15) is 48.1 Å². The van der Waals surface area contributed by atoms with E-state index in [0.717, 1.165) is 17.0 Å². The van der Waals surface area contributed by atoms with Crippen LogP contribution in [0, 0.1) is 13.8 Å². The molecule has 2 rings (SSSR count). The second-order valence-corrected chi connectivity index (χ2v) is 7.68. The topological polar surface area (TPSA) is 89.4 Å². The predicted octanol–water partition coefficient (Wildman–Crippen LogP) is 2.93. The zero-order valence-electron chi connectivity index (χ0n) is 17.0. The van der Waals surface area contributed by atoms with Gasteiger partial charge in [-0.1, -0.05) is 30.3 Å². The maximum atomic E-state index is 12.4. The summed E-state index contributed by atoms with van der Waals surface area (Å²) >= 11 is 0. The molecule has 1 heterocycles. The molecule has 7 nitrogen and oxygen atoms in total. The van der Waals surface area contributed by atoms with Gasteiger partial charge in [0.15, 0.2) is 6.61 Å². The molecule has 0 aliphatic rings. The van der Waals surface area contributed by atoms with Gasteiger partial charge in [-0.25, -0.2) is 9.59 Å². The van der Waals surface area contributed by atoms with Crippen molar-refractivity contribution in [2.24, 2.45) is 0 Å². The van der Waals surface area contributed by atoms with Crippen molar-refractivity contribution < 1.29 is 19.1 Å². The van der Waals surface area contributed by atoms with Crippen molar-refractivity contribution in [3.8, 4) is 0 Å². The Morgan fingerprint density at radius 3 is 2.32 bits per heavy atom. The number of hydrogen-bond acceptors (Lipinski definition) is 4. The number of nitrogens with one attached hydrogen (secondary N) is 2. The van der Waals surface area contributed by atoms with Crippen molar-refractivity contribution in [2.75, 3.05) is 6.61 Å². The lowest BCUT2D eigenvalue weighted by Crippen LogP contribution is -2.49. The summed E-state index contributed by atoms with van der Waals surface area (Å²) < 4.78 is 7.09. The molecule has 150 valence electrons. The molecule has 0 spiro atoms. The third kappa shape index (κ3) is 5.97. The van der Waals surface area contributed by atoms with Gasteiger partial charge in [-0.15, -0.1) is 0 Å². The number of aryl methyl sites for hydroxylation is 1. The zero-order chi connectivity index (χ0) is 20.9. The summed E-state index contributed by atoms with van der Waals surface area (Å²) in [5.74, 6) is -1.29. The summed E-state index contributed by atoms with van der Waals surface area (Å²) in [7, 11) is 0. The van der Waals surface area contributed by atoms with Gasteiger partial charge < -0.3 is 14.6 Å². The van der Waals surface area contributed by atoms with Gasteiger partial charge >= 0.3 is 12.0 Å². The molecular weight excluding hydrogens is 358 g/mol. The fourth-order valence-corrected chi connectivity index (χ4v) is 2.76. The van der Waals surface area contributed by atoms with Gasteiger partial charge in [0.1, 0.15) is 0 Å². The zero-order valence-corrected chi connectivity index (χ0v) is 17.0. The monoisotopic (exact) mass is 385 g/mol. The smallest absolute Gasteiger partial charge is 0.340 e. The lowest BCUT2D eigenvalue weighted by atomic mass is 10.1. The first-order chi connectivity index (χ1) is 13.1. The number of nitrogens with zero attached hydrogens (tertiary/aromatic N) is 1. The molecule has 0 unspecified atom stereocenters. The van der Waals surface area contributed by atoms with Gasteiger partial charge in [-0.3, -0.25) is 10.1 Å². The number of imide groups is 1. The van der Waals surface area contributed by atoms with Crippen LogP contribution in [0.25, 0.3) is 0 Å². The van der Waals surface area contributed by atoms with E-state index in [0.29, 0.717) is 12.1 Å². The fourth-order valence-electron chi connectivity index (χ4n) is 2.76. The first-order valence-corrected chi connectivity index (χ1v) is 9.06. The number of urea groups is 1. The third-order valence-electron chi connectivity index (χ3n) is 4.05. The number of rotatable bonds is 5. The minimum atomic E-state index is -0.687. The molecule has 0 saturated carbocycles. The van der Waals surface area contributed by atoms with Crippen LogP contribution >= 0.6 is 0 Å². The largest absolute Gasteiger partial charge is 0.452 e. The van der Waals surface area contributed by atoms with Gasteiger partial charge in [-0.2, -0.15) is 0 Å². The Morgan fingerprint density at radius 2 is 1.71 bits per heavy atom. The molecule has 0 radical (unpaired) electrons. The summed E-state index contributed by atoms with van der Waals surface area (Å²) in [4.78, 5) is 35.9. The maximum Gasteiger partial charge on any atom is 0.340 e. The number of amides is 3. The van der Waals surface area contributed by atoms with Gasteiger partial charge in [0.25, 0.3) is 5.91 Å². The molecule has 1 aromatic heterocycles. The number of hydrogen-bond donors (Lipinski definition) is 2. The van der Waals surface area contributed by atoms with E-state index in [-0.39, 0.29) is 0 Å². The van der Waals surface area contributed by atoms with Crippen LogP contribution in [-0.2, 0) is 16.1 Å². The highest BCUT2D eigenvalue weighted by molar-refractivity contribution is 5.97. The van der Waals surface area contributed by atoms with Gasteiger partial charge in [-0.05, 0) is 46.2 Å². The van der Waals surface area contributed by atoms with Gasteiger partial charge in [0.2, 0.25) is 0 Å². The summed E-state index contributed by atoms with van der Waals surface area (Å²) in [6.07, 6.45) is 0. The maximum absolute atomic E-state index is 12.4. The number of aromatic nitrogens is 1. The molecule has 0 fully saturated rings. The van der Waals surface area contributed by atoms with E-state index in [1.54, 1.807) is 26.8 Å². The van der Waals surface area contributed by atoms with E-state index < -0.39 is 30.1 Å². The molecule has 0 aliphatic heterocycles. The SMILES string of the molecule is Cc1cc(C(=O)OCC(=O)NC(=O)NC(C)(C)C)c(C)n1Cc1ccccc1. The predicted molar refractivity (Wildman–Crippen MR) is 106 cm³/mol. The van der Waals surface area contributed by atoms with E-state index >= 15 is 0 Å². The van der Waals surface area contributed by atoms with Crippen LogP contribution in [0.15, 0.2) is 36.4 Å². The Hall–Kier alpha value is -3.09. The number of carbonyl (C=O) groups excluding carboxylic acids is 3. The number of esters is 1. The summed E-state index contributed by atoms with van der Waals surface area (Å²) in [6.45, 7) is 9.24. The highest BCUT2D eigenvalue weighted by atomic mass is 16.5. The van der Waals surface area contributed by atoms with E-state index in [1.807, 2.05) is 48.7 Å². The van der Waals surface area contributed by atoms with Crippen molar-refractivity contribution in [1.82, 2.24) is 15.2 Å². The second kappa shape index (κ2) is 8.73. The molecule has 0 atom stereocenters. The van der Waals surface area contributed by atoms with E-state index in [2.05, 4.69) is 10.6 Å². The Bertz CT molecular complexity index is 864.